The van der Waals surface area contributed by atoms with Gasteiger partial charge in [0.05, 0.1) is 0 Å². The number of hydrogen-bond donors (Lipinski definition) is 1. The van der Waals surface area contributed by atoms with Crippen LogP contribution in [0.4, 0.5) is 0 Å². The van der Waals surface area contributed by atoms with Crippen LogP contribution >= 0.6 is 0 Å². The molecular formula is C36H73NO. The first-order chi connectivity index (χ1) is 18.8. The molecule has 0 bridgehead atoms. The van der Waals surface area contributed by atoms with Gasteiger partial charge in [-0.25, -0.2) is 5.16 Å². The summed E-state index contributed by atoms with van der Waals surface area (Å²) in [6.45, 7) is 4.59. The molecule has 0 rings (SSSR count). The summed E-state index contributed by atoms with van der Waals surface area (Å²) in [6.07, 6.45) is 46.7. The molecule has 0 amide bonds. The zero-order chi connectivity index (χ0) is 27.6. The van der Waals surface area contributed by atoms with Crippen LogP contribution in [-0.4, -0.2) is 6.21 Å². The Labute approximate surface area is 241 Å². The van der Waals surface area contributed by atoms with Crippen LogP contribution in [0.2, 0.25) is 0 Å². The molecule has 0 aromatic heterocycles. The quantitative estimate of drug-likeness (QED) is 0.0386. The maximum absolute atomic E-state index is 11.0. The van der Waals surface area contributed by atoms with E-state index in [1.165, 1.54) is 205 Å². The second-order valence-corrected chi connectivity index (χ2v) is 12.5. The van der Waals surface area contributed by atoms with Crippen molar-refractivity contribution in [2.24, 2.45) is 5.92 Å². The third-order valence-corrected chi connectivity index (χ3v) is 8.66. The van der Waals surface area contributed by atoms with E-state index < -0.39 is 0 Å². The summed E-state index contributed by atoms with van der Waals surface area (Å²) < 4.78 is 0. The Morgan fingerprint density at radius 3 is 0.789 bits per heavy atom. The minimum Gasteiger partial charge on any atom is -0.626 e. The molecule has 1 N–H and O–H groups in total. The van der Waals surface area contributed by atoms with E-state index in [1.807, 2.05) is 6.21 Å². The number of rotatable bonds is 33. The van der Waals surface area contributed by atoms with E-state index in [0.717, 1.165) is 0 Å². The molecule has 2 heteroatoms. The monoisotopic (exact) mass is 536 g/mol. The van der Waals surface area contributed by atoms with E-state index in [9.17, 15) is 5.21 Å². The predicted octanol–water partition coefficient (Wildman–Crippen LogP) is 11.8. The lowest BCUT2D eigenvalue weighted by Crippen LogP contribution is -2.61. The van der Waals surface area contributed by atoms with Crippen LogP contribution in [0.5, 0.6) is 0 Å². The van der Waals surface area contributed by atoms with Crippen molar-refractivity contribution in [1.29, 1.82) is 0 Å². The highest BCUT2D eigenvalue weighted by atomic mass is 16.4. The van der Waals surface area contributed by atoms with Gasteiger partial charge in [-0.2, -0.15) is 0 Å². The van der Waals surface area contributed by atoms with Crippen LogP contribution < -0.4 is 5.16 Å². The summed E-state index contributed by atoms with van der Waals surface area (Å²) >= 11 is 0. The molecule has 0 radical (unpaired) electrons. The predicted molar refractivity (Wildman–Crippen MR) is 173 cm³/mol. The van der Waals surface area contributed by atoms with E-state index in [1.54, 1.807) is 0 Å². The molecule has 228 valence electrons. The van der Waals surface area contributed by atoms with Crippen molar-refractivity contribution < 1.29 is 5.16 Å². The van der Waals surface area contributed by atoms with Crippen LogP contribution in [0.3, 0.4) is 0 Å². The standard InChI is InChI=1S/C36H73NO/c1-3-5-7-9-11-13-15-17-19-20-22-24-26-28-30-32-34-36(35-37-38)33-31-29-27-25-23-21-18-16-14-12-10-8-6-4-2/h35-37H,3-34H2,1-2H3. The molecule has 0 heterocycles. The molecule has 38 heavy (non-hydrogen) atoms. The van der Waals surface area contributed by atoms with Crippen LogP contribution in [0.25, 0.3) is 0 Å². The van der Waals surface area contributed by atoms with Gasteiger partial charge in [0, 0.05) is 5.92 Å². The topological polar surface area (TPSA) is 37.0 Å². The molecule has 0 aliphatic rings. The van der Waals surface area contributed by atoms with Crippen LogP contribution in [0.1, 0.15) is 219 Å². The highest BCUT2D eigenvalue weighted by Gasteiger charge is 2.08. The molecule has 1 atom stereocenters. The molecule has 0 aliphatic heterocycles. The highest BCUT2D eigenvalue weighted by Crippen LogP contribution is 2.19. The second-order valence-electron chi connectivity index (χ2n) is 12.5. The van der Waals surface area contributed by atoms with Gasteiger partial charge in [0.25, 0.3) is 0 Å². The lowest BCUT2D eigenvalue weighted by atomic mass is 9.95. The molecule has 0 aromatic rings. The Bertz CT molecular complexity index is 435. The largest absolute Gasteiger partial charge is 0.626 e. The maximum atomic E-state index is 11.0. The number of hydrogen-bond acceptors (Lipinski definition) is 1. The Balaban J connectivity index is 3.37. The van der Waals surface area contributed by atoms with E-state index >= 15 is 0 Å². The van der Waals surface area contributed by atoms with Crippen molar-refractivity contribution in [1.82, 2.24) is 0 Å². The molecule has 0 spiro atoms. The summed E-state index contributed by atoms with van der Waals surface area (Å²) in [5, 5.41) is 13.1. The smallest absolute Gasteiger partial charge is 0.151 e. The lowest BCUT2D eigenvalue weighted by Gasteiger charge is -2.10. The molecule has 0 fully saturated rings. The first kappa shape index (κ1) is 37.5. The average molecular weight is 536 g/mol. The van der Waals surface area contributed by atoms with Crippen molar-refractivity contribution >= 4 is 6.21 Å². The van der Waals surface area contributed by atoms with Gasteiger partial charge >= 0.3 is 0 Å². The molecule has 0 aromatic carbocycles. The molecule has 1 unspecified atom stereocenters. The summed E-state index contributed by atoms with van der Waals surface area (Å²) in [7, 11) is 0. The van der Waals surface area contributed by atoms with Gasteiger partial charge in [-0.05, 0) is 12.8 Å². The fourth-order valence-corrected chi connectivity index (χ4v) is 5.96. The molecule has 0 saturated carbocycles. The van der Waals surface area contributed by atoms with Crippen molar-refractivity contribution in [3.63, 3.8) is 0 Å². The van der Waals surface area contributed by atoms with E-state index in [0.29, 0.717) is 5.92 Å². The third kappa shape index (κ3) is 31.7. The van der Waals surface area contributed by atoms with Crippen molar-refractivity contribution in [3.8, 4) is 0 Å². The highest BCUT2D eigenvalue weighted by molar-refractivity contribution is 5.53. The molecular weight excluding hydrogens is 462 g/mol. The van der Waals surface area contributed by atoms with Crippen molar-refractivity contribution in [3.05, 3.63) is 5.21 Å². The Kier molecular flexibility index (Phi) is 34.0. The summed E-state index contributed by atoms with van der Waals surface area (Å²) in [6, 6.07) is 0. The zero-order valence-electron chi connectivity index (χ0n) is 26.7. The summed E-state index contributed by atoms with van der Waals surface area (Å²) in [4.78, 5) is 0. The first-order valence-corrected chi connectivity index (χ1v) is 18.1. The Hall–Kier alpha value is -0.530. The van der Waals surface area contributed by atoms with Gasteiger partial charge in [0.1, 0.15) is 0 Å². The Morgan fingerprint density at radius 1 is 0.368 bits per heavy atom. The van der Waals surface area contributed by atoms with Gasteiger partial charge in [0.15, 0.2) is 6.21 Å². The van der Waals surface area contributed by atoms with E-state index in [2.05, 4.69) is 19.0 Å². The molecule has 0 saturated heterocycles. The SMILES string of the molecule is CCCCCCCCCCCCCCCCCCC(C=[NH+][O-])CCCCCCCCCCCCCCCC. The van der Waals surface area contributed by atoms with Gasteiger partial charge in [0.2, 0.25) is 0 Å². The fraction of sp³-hybridized carbons (Fsp3) is 0.972. The maximum Gasteiger partial charge on any atom is 0.151 e. The van der Waals surface area contributed by atoms with Gasteiger partial charge in [-0.1, -0.05) is 206 Å². The van der Waals surface area contributed by atoms with E-state index in [4.69, 9.17) is 0 Å². The summed E-state index contributed by atoms with van der Waals surface area (Å²) in [5.41, 5.74) is 0. The second kappa shape index (κ2) is 34.5. The van der Waals surface area contributed by atoms with Crippen molar-refractivity contribution in [2.75, 3.05) is 0 Å². The van der Waals surface area contributed by atoms with Crippen molar-refractivity contribution in [2.45, 2.75) is 219 Å². The van der Waals surface area contributed by atoms with Crippen LogP contribution in [-0.2, 0) is 0 Å². The Morgan fingerprint density at radius 2 is 0.579 bits per heavy atom. The van der Waals surface area contributed by atoms with Gasteiger partial charge in [-0.3, -0.25) is 0 Å². The zero-order valence-corrected chi connectivity index (χ0v) is 26.7. The minimum atomic E-state index is 0.483. The number of unbranched alkanes of at least 4 members (excludes halogenated alkanes) is 28. The third-order valence-electron chi connectivity index (χ3n) is 8.66. The fourth-order valence-electron chi connectivity index (χ4n) is 5.96. The van der Waals surface area contributed by atoms with Crippen LogP contribution in [0, 0.1) is 11.1 Å². The average Bonchev–Trinajstić information content (AvgIpc) is 2.92. The first-order valence-electron chi connectivity index (χ1n) is 18.1. The lowest BCUT2D eigenvalue weighted by molar-refractivity contribution is -0.370. The van der Waals surface area contributed by atoms with Gasteiger partial charge < -0.3 is 5.21 Å². The van der Waals surface area contributed by atoms with Gasteiger partial charge in [-0.15, -0.1) is 0 Å². The number of nitrogens with one attached hydrogen (secondary N) is 1. The summed E-state index contributed by atoms with van der Waals surface area (Å²) in [5.74, 6) is 0.483. The molecule has 0 aliphatic carbocycles. The van der Waals surface area contributed by atoms with Crippen LogP contribution in [0.15, 0.2) is 0 Å². The minimum absolute atomic E-state index is 0.483. The molecule has 2 nitrogen and oxygen atoms in total. The normalized spacial score (nSPS) is 12.6. The van der Waals surface area contributed by atoms with E-state index in [-0.39, 0.29) is 0 Å².